The molecule has 0 spiro atoms. The predicted octanol–water partition coefficient (Wildman–Crippen LogP) is 4.31. The molecule has 0 aromatic heterocycles. The fraction of sp³-hybridized carbons (Fsp3) is 0.185. The van der Waals surface area contributed by atoms with Crippen LogP contribution in [0.4, 0.5) is 0 Å². The largest absolute Gasteiger partial charge is 0.508 e. The molecule has 3 rings (SSSR count). The van der Waals surface area contributed by atoms with Crippen molar-refractivity contribution in [3.63, 3.8) is 0 Å². The first-order chi connectivity index (χ1) is 16.5. The number of phenolic OH excluding ortho intramolecular Hbond substituents is 2. The van der Waals surface area contributed by atoms with Crippen molar-refractivity contribution in [2.24, 2.45) is 0 Å². The number of carbonyl (C=O) groups excluding carboxylic acids is 3. The molecule has 0 fully saturated rings. The molecule has 8 heteroatoms. The lowest BCUT2D eigenvalue weighted by molar-refractivity contribution is -0.131. The third-order valence-electron chi connectivity index (χ3n) is 5.54. The number of carboxylic acid groups (broad SMARTS) is 1. The summed E-state index contributed by atoms with van der Waals surface area (Å²) in [6.07, 6.45) is -0.290. The van der Waals surface area contributed by atoms with Gasteiger partial charge in [0, 0.05) is 36.5 Å². The Bertz CT molecular complexity index is 1350. The maximum atomic E-state index is 13.0. The molecule has 8 nitrogen and oxygen atoms in total. The first-order valence-corrected chi connectivity index (χ1v) is 10.7. The Morgan fingerprint density at radius 2 is 1.14 bits per heavy atom. The third-order valence-corrected chi connectivity index (χ3v) is 5.54. The van der Waals surface area contributed by atoms with Crippen molar-refractivity contribution in [2.75, 3.05) is 0 Å². The number of aromatic carboxylic acids is 1. The summed E-state index contributed by atoms with van der Waals surface area (Å²) < 4.78 is 5.31. The van der Waals surface area contributed by atoms with Gasteiger partial charge in [-0.3, -0.25) is 14.4 Å². The summed E-state index contributed by atoms with van der Waals surface area (Å²) >= 11 is 0. The fourth-order valence-electron chi connectivity index (χ4n) is 4.16. The highest BCUT2D eigenvalue weighted by Crippen LogP contribution is 2.39. The number of ketones is 2. The topological polar surface area (TPSA) is 138 Å². The molecular formula is C27H24O8. The van der Waals surface area contributed by atoms with Crippen molar-refractivity contribution in [1.29, 1.82) is 0 Å². The van der Waals surface area contributed by atoms with Crippen molar-refractivity contribution < 1.29 is 39.2 Å². The quantitative estimate of drug-likeness (QED) is 0.248. The van der Waals surface area contributed by atoms with Gasteiger partial charge >= 0.3 is 11.9 Å². The minimum absolute atomic E-state index is 0.0112. The molecule has 0 atom stereocenters. The normalized spacial score (nSPS) is 10.6. The summed E-state index contributed by atoms with van der Waals surface area (Å²) in [6.45, 7) is 3.48. The van der Waals surface area contributed by atoms with Crippen LogP contribution < -0.4 is 4.74 Å². The maximum absolute atomic E-state index is 13.0. The van der Waals surface area contributed by atoms with Crippen LogP contribution >= 0.6 is 0 Å². The van der Waals surface area contributed by atoms with Crippen molar-refractivity contribution in [2.45, 2.75) is 33.6 Å². The number of esters is 1. The summed E-state index contributed by atoms with van der Waals surface area (Å²) in [6, 6.07) is 12.5. The zero-order valence-corrected chi connectivity index (χ0v) is 19.4. The average Bonchev–Trinajstić information content (AvgIpc) is 2.77. The Morgan fingerprint density at radius 1 is 0.686 bits per heavy atom. The molecule has 0 bridgehead atoms. The number of carbonyl (C=O) groups is 4. The summed E-state index contributed by atoms with van der Waals surface area (Å²) in [5.41, 5.74) is -0.0154. The zero-order chi connectivity index (χ0) is 25.9. The number of hydrogen-bond donors (Lipinski definition) is 3. The predicted molar refractivity (Wildman–Crippen MR) is 127 cm³/mol. The van der Waals surface area contributed by atoms with Gasteiger partial charge < -0.3 is 20.1 Å². The van der Waals surface area contributed by atoms with E-state index in [1.807, 2.05) is 0 Å². The van der Waals surface area contributed by atoms with Gasteiger partial charge in [0.05, 0.1) is 0 Å². The highest BCUT2D eigenvalue weighted by Gasteiger charge is 2.33. The number of rotatable bonds is 8. The molecule has 3 N–H and O–H groups in total. The molecule has 0 aliphatic heterocycles. The van der Waals surface area contributed by atoms with Crippen LogP contribution in [0.1, 0.15) is 74.1 Å². The molecule has 0 heterocycles. The van der Waals surface area contributed by atoms with E-state index in [-0.39, 0.29) is 46.6 Å². The number of hydrogen-bond acceptors (Lipinski definition) is 7. The average molecular weight is 476 g/mol. The molecule has 180 valence electrons. The summed E-state index contributed by atoms with van der Waals surface area (Å²) in [7, 11) is 0. The monoisotopic (exact) mass is 476 g/mol. The van der Waals surface area contributed by atoms with Crippen LogP contribution in [0.25, 0.3) is 0 Å². The molecule has 0 saturated carbocycles. The van der Waals surface area contributed by atoms with E-state index in [2.05, 4.69) is 0 Å². The molecule has 0 radical (unpaired) electrons. The van der Waals surface area contributed by atoms with Gasteiger partial charge in [0.1, 0.15) is 22.8 Å². The van der Waals surface area contributed by atoms with E-state index in [0.717, 1.165) is 13.8 Å². The van der Waals surface area contributed by atoms with Gasteiger partial charge in [0.25, 0.3) is 0 Å². The first kappa shape index (κ1) is 25.2. The molecule has 35 heavy (non-hydrogen) atoms. The summed E-state index contributed by atoms with van der Waals surface area (Å²) in [5.74, 6) is -4.16. The summed E-state index contributed by atoms with van der Waals surface area (Å²) in [4.78, 5) is 50.2. The standard InChI is InChI=1S/C27H24O8/c1-14(28)23-19(12-17-8-4-6-10-21(17)31)24(15(2)29)25(27(33)34)26(35-16(3)30)20(23)13-18-9-5-7-11-22(18)32/h4-11,31-32H,12-13H2,1-3H3,(H,33,34). The van der Waals surface area contributed by atoms with Crippen LogP contribution in [0.2, 0.25) is 0 Å². The Morgan fingerprint density at radius 3 is 1.54 bits per heavy atom. The van der Waals surface area contributed by atoms with Crippen molar-refractivity contribution >= 4 is 23.5 Å². The minimum Gasteiger partial charge on any atom is -0.508 e. The molecule has 0 aliphatic rings. The van der Waals surface area contributed by atoms with Gasteiger partial charge in [-0.15, -0.1) is 0 Å². The van der Waals surface area contributed by atoms with E-state index in [1.165, 1.54) is 19.1 Å². The first-order valence-electron chi connectivity index (χ1n) is 10.7. The second kappa shape index (κ2) is 10.2. The highest BCUT2D eigenvalue weighted by atomic mass is 16.5. The second-order valence-corrected chi connectivity index (χ2v) is 8.03. The Kier molecular flexibility index (Phi) is 7.34. The molecule has 3 aromatic carbocycles. The van der Waals surface area contributed by atoms with Crippen molar-refractivity contribution in [3.8, 4) is 17.2 Å². The summed E-state index contributed by atoms with van der Waals surface area (Å²) in [5, 5.41) is 30.8. The van der Waals surface area contributed by atoms with Gasteiger partial charge in [-0.25, -0.2) is 4.79 Å². The maximum Gasteiger partial charge on any atom is 0.340 e. The van der Waals surface area contributed by atoms with Crippen LogP contribution in [-0.2, 0) is 17.6 Å². The number of ether oxygens (including phenoxy) is 1. The number of Topliss-reactive ketones (excluding diaryl/α,β-unsaturated/α-hetero) is 2. The van der Waals surface area contributed by atoms with Gasteiger partial charge in [0.2, 0.25) is 0 Å². The smallest absolute Gasteiger partial charge is 0.340 e. The van der Waals surface area contributed by atoms with Crippen LogP contribution in [0.5, 0.6) is 17.2 Å². The van der Waals surface area contributed by atoms with Crippen LogP contribution in [0.15, 0.2) is 48.5 Å². The number of phenols is 2. The number of para-hydroxylation sites is 2. The molecule has 0 saturated heterocycles. The van der Waals surface area contributed by atoms with Crippen molar-refractivity contribution in [3.05, 3.63) is 87.5 Å². The van der Waals surface area contributed by atoms with E-state index < -0.39 is 34.8 Å². The second-order valence-electron chi connectivity index (χ2n) is 8.03. The van der Waals surface area contributed by atoms with E-state index in [4.69, 9.17) is 4.74 Å². The molecular weight excluding hydrogens is 452 g/mol. The number of benzene rings is 3. The van der Waals surface area contributed by atoms with Crippen LogP contribution in [-0.4, -0.2) is 38.8 Å². The molecule has 0 unspecified atom stereocenters. The Hall–Kier alpha value is -4.46. The van der Waals surface area contributed by atoms with E-state index in [1.54, 1.807) is 36.4 Å². The molecule has 3 aromatic rings. The minimum atomic E-state index is -1.53. The van der Waals surface area contributed by atoms with Crippen LogP contribution in [0.3, 0.4) is 0 Å². The van der Waals surface area contributed by atoms with Gasteiger partial charge in [0.15, 0.2) is 11.6 Å². The zero-order valence-electron chi connectivity index (χ0n) is 19.4. The molecule has 0 amide bonds. The van der Waals surface area contributed by atoms with E-state index in [9.17, 15) is 34.5 Å². The van der Waals surface area contributed by atoms with E-state index in [0.29, 0.717) is 11.1 Å². The lowest BCUT2D eigenvalue weighted by Gasteiger charge is -2.23. The Balaban J connectivity index is 2.50. The SMILES string of the molecule is CC(=O)Oc1c(Cc2ccccc2O)c(C(C)=O)c(Cc2ccccc2O)c(C(C)=O)c1C(=O)O. The number of aromatic hydroxyl groups is 2. The molecule has 0 aliphatic carbocycles. The van der Waals surface area contributed by atoms with Gasteiger partial charge in [-0.2, -0.15) is 0 Å². The van der Waals surface area contributed by atoms with Crippen LogP contribution in [0, 0.1) is 0 Å². The van der Waals surface area contributed by atoms with Gasteiger partial charge in [-0.1, -0.05) is 36.4 Å². The third kappa shape index (κ3) is 5.22. The lowest BCUT2D eigenvalue weighted by atomic mass is 9.82. The lowest BCUT2D eigenvalue weighted by Crippen LogP contribution is -2.21. The fourth-order valence-corrected chi connectivity index (χ4v) is 4.16. The Labute approximate surface area is 201 Å². The van der Waals surface area contributed by atoms with E-state index >= 15 is 0 Å². The van der Waals surface area contributed by atoms with Gasteiger partial charge in [-0.05, 0) is 42.7 Å². The highest BCUT2D eigenvalue weighted by molar-refractivity contribution is 6.12. The van der Waals surface area contributed by atoms with Crippen molar-refractivity contribution in [1.82, 2.24) is 0 Å². The number of carboxylic acids is 1.